The number of hydrogen-bond donors (Lipinski definition) is 1. The van der Waals surface area contributed by atoms with Gasteiger partial charge in [0.15, 0.2) is 16.7 Å². The number of ether oxygens (including phenoxy) is 1. The summed E-state index contributed by atoms with van der Waals surface area (Å²) >= 11 is 1.38. The highest BCUT2D eigenvalue weighted by molar-refractivity contribution is 7.99. The number of H-pyrrole nitrogens is 1. The van der Waals surface area contributed by atoms with E-state index in [1.54, 1.807) is 27.0 Å². The van der Waals surface area contributed by atoms with Gasteiger partial charge in [0.05, 0.1) is 29.9 Å². The van der Waals surface area contributed by atoms with E-state index < -0.39 is 5.97 Å². The van der Waals surface area contributed by atoms with Crippen LogP contribution < -0.4 is 0 Å². The molecule has 5 rings (SSSR count). The van der Waals surface area contributed by atoms with E-state index in [-0.39, 0.29) is 24.2 Å². The molecule has 2 saturated carbocycles. The van der Waals surface area contributed by atoms with E-state index in [2.05, 4.69) is 26.7 Å². The molecule has 1 N–H and O–H groups in total. The van der Waals surface area contributed by atoms with Gasteiger partial charge in [-0.25, -0.2) is 4.79 Å². The summed E-state index contributed by atoms with van der Waals surface area (Å²) in [6.45, 7) is 7.87. The van der Waals surface area contributed by atoms with E-state index in [9.17, 15) is 9.59 Å². The van der Waals surface area contributed by atoms with Crippen LogP contribution in [0.5, 0.6) is 0 Å². The number of carbonyl (C=O) groups excluding carboxylic acids is 2. The summed E-state index contributed by atoms with van der Waals surface area (Å²) in [4.78, 5) is 28.6. The number of nitrogens with one attached hydrogen (secondary N) is 1. The molecule has 0 spiro atoms. The smallest absolute Gasteiger partial charge is 0.340 e. The minimum atomic E-state index is -0.409. The first-order chi connectivity index (χ1) is 16.9. The molecule has 9 heteroatoms. The van der Waals surface area contributed by atoms with E-state index in [0.29, 0.717) is 45.2 Å². The summed E-state index contributed by atoms with van der Waals surface area (Å²) < 4.78 is 13.0. The van der Waals surface area contributed by atoms with Crippen LogP contribution in [-0.2, 0) is 4.74 Å². The van der Waals surface area contributed by atoms with Crippen LogP contribution in [0.4, 0.5) is 0 Å². The Morgan fingerprint density at radius 2 is 2.11 bits per heavy atom. The van der Waals surface area contributed by atoms with Crippen LogP contribution in [0.25, 0.3) is 11.6 Å². The maximum Gasteiger partial charge on any atom is 0.340 e. The lowest BCUT2D eigenvalue weighted by Crippen LogP contribution is -2.23. The fourth-order valence-electron chi connectivity index (χ4n) is 6.13. The molecule has 2 aliphatic rings. The lowest BCUT2D eigenvalue weighted by Gasteiger charge is -2.30. The van der Waals surface area contributed by atoms with E-state index in [1.165, 1.54) is 37.4 Å². The average Bonchev–Trinajstić information content (AvgIpc) is 3.66. The Balaban J connectivity index is 1.39. The second kappa shape index (κ2) is 9.68. The maximum atomic E-state index is 13.2. The molecule has 2 fully saturated rings. The average molecular weight is 497 g/mol. The lowest BCUT2D eigenvalue weighted by molar-refractivity contribution is 0.0525. The molecular formula is C26H32N4O4S. The first-order valence-electron chi connectivity index (χ1n) is 12.4. The lowest BCUT2D eigenvalue weighted by atomic mass is 9.84. The summed E-state index contributed by atoms with van der Waals surface area (Å²) in [5.41, 5.74) is 2.15. The Bertz CT molecular complexity index is 1230. The van der Waals surface area contributed by atoms with E-state index in [4.69, 9.17) is 9.15 Å². The summed E-state index contributed by atoms with van der Waals surface area (Å²) in [6.07, 6.45) is 6.85. The van der Waals surface area contributed by atoms with Crippen LogP contribution in [0, 0.1) is 31.6 Å². The second-order valence-corrected chi connectivity index (χ2v) is 10.7. The van der Waals surface area contributed by atoms with Gasteiger partial charge in [0, 0.05) is 11.7 Å². The normalized spacial score (nSPS) is 22.0. The van der Waals surface area contributed by atoms with Crippen molar-refractivity contribution in [3.63, 3.8) is 0 Å². The molecule has 4 atom stereocenters. The van der Waals surface area contributed by atoms with Crippen molar-refractivity contribution in [3.05, 3.63) is 40.9 Å². The molecular weight excluding hydrogens is 464 g/mol. The van der Waals surface area contributed by atoms with Gasteiger partial charge in [-0.05, 0) is 82.4 Å². The van der Waals surface area contributed by atoms with Crippen molar-refractivity contribution in [2.24, 2.45) is 17.8 Å². The number of furan rings is 1. The van der Waals surface area contributed by atoms with Crippen molar-refractivity contribution in [2.45, 2.75) is 64.6 Å². The third kappa shape index (κ3) is 4.35. The van der Waals surface area contributed by atoms with Crippen molar-refractivity contribution < 1.29 is 18.7 Å². The molecule has 3 heterocycles. The molecule has 3 aromatic rings. The van der Waals surface area contributed by atoms with Crippen LogP contribution in [0.15, 0.2) is 28.0 Å². The largest absolute Gasteiger partial charge is 0.462 e. The molecule has 2 aliphatic carbocycles. The van der Waals surface area contributed by atoms with Gasteiger partial charge in [0.25, 0.3) is 0 Å². The van der Waals surface area contributed by atoms with Crippen molar-refractivity contribution in [2.75, 3.05) is 12.4 Å². The standard InChI is InChI=1S/C26H32N4O4S/c1-5-33-25(32)22-14(2)23(27-15(22)3)20(31)13-35-26-29-28-24(21-7-6-10-34-21)30(26)16(4)19-12-17-8-9-18(19)11-17/h6-7,10,16-19,27H,5,8-9,11-13H2,1-4H3/t16-,17+,18+,19-/m1/s1. The minimum absolute atomic E-state index is 0.0900. The quantitative estimate of drug-likeness (QED) is 0.232. The highest BCUT2D eigenvalue weighted by Crippen LogP contribution is 2.53. The number of hydrogen-bond acceptors (Lipinski definition) is 7. The number of aryl methyl sites for hydroxylation is 1. The zero-order chi connectivity index (χ0) is 24.7. The summed E-state index contributed by atoms with van der Waals surface area (Å²) in [5.74, 6) is 3.23. The number of aromatic amines is 1. The van der Waals surface area contributed by atoms with Gasteiger partial charge in [-0.3, -0.25) is 9.36 Å². The van der Waals surface area contributed by atoms with Crippen LogP contribution >= 0.6 is 11.8 Å². The van der Waals surface area contributed by atoms with E-state index in [0.717, 1.165) is 11.8 Å². The number of fused-ring (bicyclic) bond motifs is 2. The predicted molar refractivity (Wildman–Crippen MR) is 133 cm³/mol. The minimum Gasteiger partial charge on any atom is -0.462 e. The van der Waals surface area contributed by atoms with Crippen LogP contribution in [-0.4, -0.2) is 43.9 Å². The van der Waals surface area contributed by atoms with Crippen molar-refractivity contribution >= 4 is 23.5 Å². The van der Waals surface area contributed by atoms with E-state index in [1.807, 2.05) is 12.1 Å². The van der Waals surface area contributed by atoms with Crippen LogP contribution in [0.1, 0.15) is 77.7 Å². The fourth-order valence-corrected chi connectivity index (χ4v) is 7.03. The molecule has 0 unspecified atom stereocenters. The van der Waals surface area contributed by atoms with E-state index >= 15 is 0 Å². The highest BCUT2D eigenvalue weighted by atomic mass is 32.2. The molecule has 0 aromatic carbocycles. The molecule has 0 radical (unpaired) electrons. The summed E-state index contributed by atoms with van der Waals surface area (Å²) in [5, 5.41) is 9.65. The number of rotatable bonds is 9. The van der Waals surface area contributed by atoms with Gasteiger partial charge in [0.2, 0.25) is 5.82 Å². The number of thioether (sulfide) groups is 1. The molecule has 8 nitrogen and oxygen atoms in total. The van der Waals surface area contributed by atoms with Gasteiger partial charge in [-0.2, -0.15) is 0 Å². The number of aromatic nitrogens is 4. The molecule has 0 aliphatic heterocycles. The Kier molecular flexibility index (Phi) is 6.61. The molecule has 0 amide bonds. The van der Waals surface area contributed by atoms with Crippen LogP contribution in [0.3, 0.4) is 0 Å². The van der Waals surface area contributed by atoms with Crippen LogP contribution in [0.2, 0.25) is 0 Å². The van der Waals surface area contributed by atoms with Crippen molar-refractivity contribution in [3.8, 4) is 11.6 Å². The van der Waals surface area contributed by atoms with Gasteiger partial charge < -0.3 is 14.1 Å². The number of carbonyl (C=O) groups is 2. The summed E-state index contributed by atoms with van der Waals surface area (Å²) in [6, 6.07) is 3.96. The SMILES string of the molecule is CCOC(=O)c1c(C)[nH]c(C(=O)CSc2nnc(-c3ccco3)n2[C@H](C)[C@H]2C[C@H]3CC[C@H]2C3)c1C. The number of Topliss-reactive ketones (excluding diaryl/α,β-unsaturated/α-hetero) is 1. The van der Waals surface area contributed by atoms with Gasteiger partial charge in [0.1, 0.15) is 0 Å². The fraction of sp³-hybridized carbons (Fsp3) is 0.538. The van der Waals surface area contributed by atoms with Crippen molar-refractivity contribution in [1.82, 2.24) is 19.7 Å². The molecule has 35 heavy (non-hydrogen) atoms. The molecule has 186 valence electrons. The Morgan fingerprint density at radius 3 is 2.77 bits per heavy atom. The third-order valence-corrected chi connectivity index (χ3v) is 8.70. The van der Waals surface area contributed by atoms with Gasteiger partial charge in [-0.15, -0.1) is 10.2 Å². The maximum absolute atomic E-state index is 13.2. The van der Waals surface area contributed by atoms with Gasteiger partial charge >= 0.3 is 5.97 Å². The van der Waals surface area contributed by atoms with Crippen molar-refractivity contribution in [1.29, 1.82) is 0 Å². The molecule has 2 bridgehead atoms. The number of esters is 1. The zero-order valence-corrected chi connectivity index (χ0v) is 21.5. The highest BCUT2D eigenvalue weighted by Gasteiger charge is 2.43. The Hall–Kier alpha value is -2.81. The zero-order valence-electron chi connectivity index (χ0n) is 20.7. The monoisotopic (exact) mass is 496 g/mol. The number of ketones is 1. The number of nitrogens with zero attached hydrogens (tertiary/aromatic N) is 3. The second-order valence-electron chi connectivity index (χ2n) is 9.79. The topological polar surface area (TPSA) is 103 Å². The first-order valence-corrected chi connectivity index (χ1v) is 13.4. The summed E-state index contributed by atoms with van der Waals surface area (Å²) in [7, 11) is 0. The Labute approximate surface area is 209 Å². The third-order valence-electron chi connectivity index (χ3n) is 7.75. The Morgan fingerprint density at radius 1 is 1.29 bits per heavy atom. The molecule has 3 aromatic heterocycles. The predicted octanol–water partition coefficient (Wildman–Crippen LogP) is 5.63. The first kappa shape index (κ1) is 23.9. The molecule has 0 saturated heterocycles. The van der Waals surface area contributed by atoms with Gasteiger partial charge in [-0.1, -0.05) is 18.2 Å².